The largest absolute Gasteiger partial charge is 0.508 e. The maximum Gasteiger partial charge on any atom is 0.228 e. The lowest BCUT2D eigenvalue weighted by atomic mass is 9.87. The molecule has 3 aromatic rings. The van der Waals surface area contributed by atoms with E-state index in [9.17, 15) is 5.11 Å². The van der Waals surface area contributed by atoms with Crippen LogP contribution in [0.4, 0.5) is 0 Å². The van der Waals surface area contributed by atoms with Crippen LogP contribution in [0.15, 0.2) is 47.3 Å². The molecule has 1 aliphatic rings. The minimum absolute atomic E-state index is 0.122. The highest BCUT2D eigenvalue weighted by molar-refractivity contribution is 5.55. The number of nitrogens with zero attached hydrogens (tertiary/aromatic N) is 2. The molecule has 1 aliphatic heterocycles. The second-order valence-corrected chi connectivity index (χ2v) is 6.63. The Balaban J connectivity index is 1.95. The van der Waals surface area contributed by atoms with Gasteiger partial charge < -0.3 is 18.8 Å². The van der Waals surface area contributed by atoms with Crippen LogP contribution in [0.3, 0.4) is 0 Å². The quantitative estimate of drug-likeness (QED) is 0.598. The van der Waals surface area contributed by atoms with Gasteiger partial charge in [-0.1, -0.05) is 19.9 Å². The van der Waals surface area contributed by atoms with Gasteiger partial charge in [-0.25, -0.2) is 4.98 Å². The molecule has 0 fully saturated rings. The Hall–Kier alpha value is -3.02. The standard InChI is InChI=1S/C19H19N3O3/c1-11(2)9-22-10-21-19-17(18(22)20)16(14-4-3-7-24-14)13-6-5-12(23)8-15(13)25-19/h3-8,10-11,16,20,23H,9H2,1-2H3. The van der Waals surface area contributed by atoms with Gasteiger partial charge in [-0.15, -0.1) is 0 Å². The predicted molar refractivity (Wildman–Crippen MR) is 90.8 cm³/mol. The molecule has 25 heavy (non-hydrogen) atoms. The van der Waals surface area contributed by atoms with Crippen molar-refractivity contribution in [2.24, 2.45) is 5.92 Å². The van der Waals surface area contributed by atoms with Crippen LogP contribution in [0.25, 0.3) is 0 Å². The van der Waals surface area contributed by atoms with Crippen LogP contribution < -0.4 is 10.2 Å². The Morgan fingerprint density at radius 1 is 1.32 bits per heavy atom. The highest BCUT2D eigenvalue weighted by Crippen LogP contribution is 2.45. The highest BCUT2D eigenvalue weighted by Gasteiger charge is 2.33. The van der Waals surface area contributed by atoms with E-state index < -0.39 is 0 Å². The first-order valence-corrected chi connectivity index (χ1v) is 8.22. The van der Waals surface area contributed by atoms with Crippen molar-refractivity contribution in [2.75, 3.05) is 0 Å². The molecule has 1 aromatic carbocycles. The normalized spacial score (nSPS) is 15.6. The Labute approximate surface area is 144 Å². The summed E-state index contributed by atoms with van der Waals surface area (Å²) >= 11 is 0. The van der Waals surface area contributed by atoms with Crippen LogP contribution in [0.2, 0.25) is 0 Å². The van der Waals surface area contributed by atoms with E-state index in [1.54, 1.807) is 30.8 Å². The molecule has 1 unspecified atom stereocenters. The van der Waals surface area contributed by atoms with Gasteiger partial charge in [0, 0.05) is 18.2 Å². The van der Waals surface area contributed by atoms with Crippen LogP contribution in [-0.2, 0) is 6.54 Å². The number of phenolic OH excluding ortho intramolecular Hbond substituents is 1. The van der Waals surface area contributed by atoms with Gasteiger partial charge in [-0.3, -0.25) is 5.41 Å². The van der Waals surface area contributed by atoms with Crippen molar-refractivity contribution in [2.45, 2.75) is 26.3 Å². The molecule has 0 aliphatic carbocycles. The maximum atomic E-state index is 9.79. The fourth-order valence-corrected chi connectivity index (χ4v) is 3.24. The zero-order valence-electron chi connectivity index (χ0n) is 14.1. The number of ether oxygens (including phenoxy) is 1. The topological polar surface area (TPSA) is 84.3 Å². The second-order valence-electron chi connectivity index (χ2n) is 6.63. The summed E-state index contributed by atoms with van der Waals surface area (Å²) in [7, 11) is 0. The molecule has 0 spiro atoms. The predicted octanol–water partition coefficient (Wildman–Crippen LogP) is 3.60. The van der Waals surface area contributed by atoms with E-state index in [4.69, 9.17) is 14.6 Å². The lowest BCUT2D eigenvalue weighted by Gasteiger charge is -2.27. The van der Waals surface area contributed by atoms with Crippen LogP contribution in [0, 0.1) is 11.3 Å². The number of rotatable bonds is 3. The lowest BCUT2D eigenvalue weighted by molar-refractivity contribution is 0.395. The molecular weight excluding hydrogens is 318 g/mol. The van der Waals surface area contributed by atoms with Crippen molar-refractivity contribution in [1.29, 1.82) is 5.41 Å². The molecule has 0 saturated carbocycles. The van der Waals surface area contributed by atoms with Gasteiger partial charge in [0.25, 0.3) is 0 Å². The Kier molecular flexibility index (Phi) is 3.60. The Morgan fingerprint density at radius 2 is 2.16 bits per heavy atom. The first kappa shape index (κ1) is 15.5. The number of furan rings is 1. The van der Waals surface area contributed by atoms with Crippen molar-refractivity contribution in [3.05, 3.63) is 65.3 Å². The minimum atomic E-state index is -0.297. The molecular formula is C19H19N3O3. The van der Waals surface area contributed by atoms with Crippen LogP contribution in [-0.4, -0.2) is 14.7 Å². The third kappa shape index (κ3) is 2.59. The molecule has 0 bridgehead atoms. The highest BCUT2D eigenvalue weighted by atomic mass is 16.5. The molecule has 2 aromatic heterocycles. The van der Waals surface area contributed by atoms with Crippen molar-refractivity contribution < 1.29 is 14.3 Å². The van der Waals surface area contributed by atoms with Gasteiger partial charge in [-0.05, 0) is 24.1 Å². The first-order chi connectivity index (χ1) is 12.0. The minimum Gasteiger partial charge on any atom is -0.508 e. The SMILES string of the molecule is CC(C)Cn1cnc2c(c1=N)C(c1ccco1)c1ccc(O)cc1O2. The second kappa shape index (κ2) is 5.81. The summed E-state index contributed by atoms with van der Waals surface area (Å²) in [5.41, 5.74) is 1.88. The fraction of sp³-hybridized carbons (Fsp3) is 0.263. The zero-order valence-corrected chi connectivity index (χ0v) is 14.1. The maximum absolute atomic E-state index is 9.79. The Morgan fingerprint density at radius 3 is 2.88 bits per heavy atom. The van der Waals surface area contributed by atoms with E-state index in [-0.39, 0.29) is 11.7 Å². The van der Waals surface area contributed by atoms with Gasteiger partial charge in [0.1, 0.15) is 29.1 Å². The van der Waals surface area contributed by atoms with Gasteiger partial charge in [-0.2, -0.15) is 0 Å². The van der Waals surface area contributed by atoms with E-state index in [1.807, 2.05) is 16.7 Å². The molecule has 0 saturated heterocycles. The first-order valence-electron chi connectivity index (χ1n) is 8.22. The molecule has 6 nitrogen and oxygen atoms in total. The number of benzene rings is 1. The van der Waals surface area contributed by atoms with Gasteiger partial charge in [0.15, 0.2) is 0 Å². The summed E-state index contributed by atoms with van der Waals surface area (Å²) in [6.07, 6.45) is 3.25. The number of aromatic hydroxyl groups is 1. The van der Waals surface area contributed by atoms with Crippen molar-refractivity contribution >= 4 is 0 Å². The van der Waals surface area contributed by atoms with E-state index in [1.165, 1.54) is 0 Å². The van der Waals surface area contributed by atoms with Crippen molar-refractivity contribution in [3.8, 4) is 17.4 Å². The molecule has 128 valence electrons. The third-order valence-electron chi connectivity index (χ3n) is 4.28. The molecule has 0 radical (unpaired) electrons. The number of phenols is 1. The number of hydrogen-bond acceptors (Lipinski definition) is 5. The molecule has 2 N–H and O–H groups in total. The monoisotopic (exact) mass is 337 g/mol. The summed E-state index contributed by atoms with van der Waals surface area (Å²) in [6, 6.07) is 8.70. The van der Waals surface area contributed by atoms with Crippen molar-refractivity contribution in [3.63, 3.8) is 0 Å². The summed E-state index contributed by atoms with van der Waals surface area (Å²) < 4.78 is 13.4. The fourth-order valence-electron chi connectivity index (χ4n) is 3.24. The van der Waals surface area contributed by atoms with Crippen LogP contribution >= 0.6 is 0 Å². The molecule has 1 atom stereocenters. The molecule has 4 rings (SSSR count). The third-order valence-corrected chi connectivity index (χ3v) is 4.28. The Bertz CT molecular complexity index is 974. The average molecular weight is 337 g/mol. The van der Waals surface area contributed by atoms with E-state index in [0.717, 1.165) is 5.56 Å². The lowest BCUT2D eigenvalue weighted by Crippen LogP contribution is -2.30. The van der Waals surface area contributed by atoms with E-state index in [0.29, 0.717) is 40.9 Å². The molecule has 6 heteroatoms. The summed E-state index contributed by atoms with van der Waals surface area (Å²) in [5, 5.41) is 18.5. The number of fused-ring (bicyclic) bond motifs is 2. The van der Waals surface area contributed by atoms with Crippen LogP contribution in [0.5, 0.6) is 17.4 Å². The van der Waals surface area contributed by atoms with Gasteiger partial charge in [0.05, 0.1) is 17.7 Å². The number of hydrogen-bond donors (Lipinski definition) is 2. The average Bonchev–Trinajstić information content (AvgIpc) is 3.09. The van der Waals surface area contributed by atoms with Gasteiger partial charge >= 0.3 is 0 Å². The summed E-state index contributed by atoms with van der Waals surface area (Å²) in [6.45, 7) is 4.90. The van der Waals surface area contributed by atoms with E-state index >= 15 is 0 Å². The zero-order chi connectivity index (χ0) is 17.6. The molecule has 3 heterocycles. The molecule has 0 amide bonds. The summed E-state index contributed by atoms with van der Waals surface area (Å²) in [4.78, 5) is 4.42. The van der Waals surface area contributed by atoms with Gasteiger partial charge in [0.2, 0.25) is 5.88 Å². The smallest absolute Gasteiger partial charge is 0.228 e. The number of nitrogens with one attached hydrogen (secondary N) is 1. The van der Waals surface area contributed by atoms with E-state index in [2.05, 4.69) is 18.8 Å². The van der Waals surface area contributed by atoms with Crippen molar-refractivity contribution in [1.82, 2.24) is 9.55 Å². The van der Waals surface area contributed by atoms with Crippen LogP contribution in [0.1, 0.15) is 36.7 Å². The number of aromatic nitrogens is 2. The summed E-state index contributed by atoms with van der Waals surface area (Å²) in [5.74, 6) is 1.84.